The number of nitrogens with one attached hydrogen (secondary N) is 1. The van der Waals surface area contributed by atoms with Crippen LogP contribution >= 0.6 is 11.6 Å². The molecule has 3 aromatic carbocycles. The van der Waals surface area contributed by atoms with E-state index in [1.807, 2.05) is 30.3 Å². The Kier molecular flexibility index (Phi) is 10.6. The molecule has 5 atom stereocenters. The Labute approximate surface area is 360 Å². The van der Waals surface area contributed by atoms with Gasteiger partial charge < -0.3 is 39.1 Å². The number of hydrogen-bond acceptors (Lipinski definition) is 12. The molecule has 0 spiro atoms. The van der Waals surface area contributed by atoms with Gasteiger partial charge in [0.05, 0.1) is 10.6 Å². The van der Waals surface area contributed by atoms with Gasteiger partial charge in [-0.1, -0.05) is 61.8 Å². The summed E-state index contributed by atoms with van der Waals surface area (Å²) in [5.74, 6) is 2.48. The number of phenolic OH excluding ortho intramolecular Hbond substituents is 1. The number of nitrogens with zero attached hydrogens (tertiary/aromatic N) is 7. The van der Waals surface area contributed by atoms with Gasteiger partial charge >= 0.3 is 12.1 Å². The predicted octanol–water partition coefficient (Wildman–Crippen LogP) is 7.97. The predicted molar refractivity (Wildman–Crippen MR) is 233 cm³/mol. The summed E-state index contributed by atoms with van der Waals surface area (Å²) in [4.78, 5) is 31.7. The first-order chi connectivity index (χ1) is 29.5. The van der Waals surface area contributed by atoms with Crippen LogP contribution in [0.3, 0.4) is 0 Å². The van der Waals surface area contributed by atoms with E-state index in [1.54, 1.807) is 23.1 Å². The second kappa shape index (κ2) is 16.1. The van der Waals surface area contributed by atoms with Gasteiger partial charge in [0.2, 0.25) is 0 Å². The molecule has 5 aliphatic heterocycles. The number of anilines is 2. The minimum Gasteiger partial charge on any atom is -0.508 e. The number of carbonyl (C=O) groups excluding carboxylic acids is 1. The van der Waals surface area contributed by atoms with E-state index in [0.29, 0.717) is 74.2 Å². The molecular weight excluding hydrogens is 799 g/mol. The molecule has 5 aromatic rings. The third-order valence-corrected chi connectivity index (χ3v) is 14.5. The summed E-state index contributed by atoms with van der Waals surface area (Å²) in [5, 5.41) is 21.0. The topological polar surface area (TPSA) is 133 Å². The van der Waals surface area contributed by atoms with Crippen LogP contribution in [-0.4, -0.2) is 119 Å². The number of phenols is 1. The molecule has 15 heteroatoms. The van der Waals surface area contributed by atoms with E-state index in [9.17, 15) is 9.90 Å². The van der Waals surface area contributed by atoms with E-state index >= 15 is 4.39 Å². The van der Waals surface area contributed by atoms with Gasteiger partial charge in [-0.05, 0) is 85.5 Å². The molecule has 322 valence electrons. The molecule has 5 fully saturated rings. The van der Waals surface area contributed by atoms with E-state index in [1.165, 1.54) is 0 Å². The quantitative estimate of drug-likeness (QED) is 0.141. The van der Waals surface area contributed by atoms with E-state index < -0.39 is 5.82 Å². The van der Waals surface area contributed by atoms with E-state index in [0.717, 1.165) is 80.5 Å². The molecule has 7 heterocycles. The van der Waals surface area contributed by atoms with Crippen molar-refractivity contribution in [3.8, 4) is 22.9 Å². The second-order valence-corrected chi connectivity index (χ2v) is 18.6. The van der Waals surface area contributed by atoms with Crippen molar-refractivity contribution < 1.29 is 28.3 Å². The fraction of sp³-hybridized carbons (Fsp3) is 0.522. The summed E-state index contributed by atoms with van der Waals surface area (Å²) in [6.07, 6.45) is 5.53. The highest BCUT2D eigenvalue weighted by Crippen LogP contribution is 2.45. The lowest BCUT2D eigenvalue weighted by Gasteiger charge is -2.36. The normalized spacial score (nSPS) is 24.6. The van der Waals surface area contributed by atoms with Gasteiger partial charge in [0.1, 0.15) is 36.1 Å². The van der Waals surface area contributed by atoms with Crippen LogP contribution in [0.25, 0.3) is 32.8 Å². The molecule has 2 N–H and O–H groups in total. The van der Waals surface area contributed by atoms with Crippen LogP contribution in [0.4, 0.5) is 20.8 Å². The molecule has 5 aliphatic rings. The van der Waals surface area contributed by atoms with Gasteiger partial charge in [0.25, 0.3) is 0 Å². The Morgan fingerprint density at radius 1 is 0.984 bits per heavy atom. The Hall–Kier alpha value is -4.92. The van der Waals surface area contributed by atoms with Crippen molar-refractivity contribution in [1.82, 2.24) is 30.2 Å². The number of fused-ring (bicyclic) bond motifs is 5. The highest BCUT2D eigenvalue weighted by Gasteiger charge is 2.50. The molecule has 5 unspecified atom stereocenters. The highest BCUT2D eigenvalue weighted by molar-refractivity contribution is 6.35. The summed E-state index contributed by atoms with van der Waals surface area (Å²) in [5.41, 5.74) is 0.513. The van der Waals surface area contributed by atoms with Gasteiger partial charge in [-0.2, -0.15) is 9.97 Å². The van der Waals surface area contributed by atoms with Crippen LogP contribution in [0, 0.1) is 11.7 Å². The smallest absolute Gasteiger partial charge is 0.409 e. The molecule has 2 aromatic heterocycles. The zero-order chi connectivity index (χ0) is 42.0. The number of hydrogen-bond donors (Lipinski definition) is 2. The Morgan fingerprint density at radius 2 is 1.77 bits per heavy atom. The second-order valence-electron chi connectivity index (χ2n) is 18.2. The number of benzene rings is 3. The Balaban J connectivity index is 0.856. The highest BCUT2D eigenvalue weighted by atomic mass is 35.5. The number of ether oxygens (including phenoxy) is 2. The SMILES string of the molecule is CC(C)C(C)c1cc(N2CCN(C(=O)OCC3CCC4(COc5nc(N6CC7CCC(C6)N7)c6cc(Cl)c(-c7cc(O)cc8ccccc78)c(F)c6n5)CCCN34)CC2)no1. The summed E-state index contributed by atoms with van der Waals surface area (Å²) >= 11 is 6.99. The number of aromatic hydroxyl groups is 1. The zero-order valence-corrected chi connectivity index (χ0v) is 35.8. The Morgan fingerprint density at radius 3 is 2.56 bits per heavy atom. The lowest BCUT2D eigenvalue weighted by Crippen LogP contribution is -2.51. The van der Waals surface area contributed by atoms with E-state index in [2.05, 4.69) is 45.9 Å². The fourth-order valence-corrected chi connectivity index (χ4v) is 10.8. The lowest BCUT2D eigenvalue weighted by molar-refractivity contribution is 0.0434. The average Bonchev–Trinajstić information content (AvgIpc) is 4.06. The van der Waals surface area contributed by atoms with Gasteiger partial charge in [-0.15, -0.1) is 0 Å². The van der Waals surface area contributed by atoms with Crippen LogP contribution in [0.15, 0.2) is 53.1 Å². The summed E-state index contributed by atoms with van der Waals surface area (Å²) in [7, 11) is 0. The maximum absolute atomic E-state index is 17.2. The molecule has 2 bridgehead atoms. The Bertz CT molecular complexity index is 2450. The van der Waals surface area contributed by atoms with Gasteiger partial charge in [0, 0.05) is 80.3 Å². The number of piperazine rings is 2. The minimum atomic E-state index is -0.585. The van der Waals surface area contributed by atoms with Crippen molar-refractivity contribution in [1.29, 1.82) is 0 Å². The third-order valence-electron chi connectivity index (χ3n) is 14.2. The van der Waals surface area contributed by atoms with Crippen molar-refractivity contribution in [2.24, 2.45) is 5.92 Å². The molecule has 13 nitrogen and oxygen atoms in total. The van der Waals surface area contributed by atoms with Crippen molar-refractivity contribution >= 4 is 51.0 Å². The van der Waals surface area contributed by atoms with Gasteiger partial charge in [0.15, 0.2) is 11.6 Å². The number of aromatic nitrogens is 3. The minimum absolute atomic E-state index is 0.0187. The van der Waals surface area contributed by atoms with Crippen molar-refractivity contribution in [3.63, 3.8) is 0 Å². The maximum atomic E-state index is 17.2. The summed E-state index contributed by atoms with van der Waals surface area (Å²) in [6, 6.07) is 15.4. The summed E-state index contributed by atoms with van der Waals surface area (Å²) < 4.78 is 35.4. The molecule has 0 aliphatic carbocycles. The van der Waals surface area contributed by atoms with Crippen LogP contribution < -0.4 is 19.9 Å². The van der Waals surface area contributed by atoms with E-state index in [-0.39, 0.29) is 51.5 Å². The van der Waals surface area contributed by atoms with E-state index in [4.69, 9.17) is 35.6 Å². The van der Waals surface area contributed by atoms with Crippen molar-refractivity contribution in [2.45, 2.75) is 88.9 Å². The summed E-state index contributed by atoms with van der Waals surface area (Å²) in [6.45, 7) is 11.9. The first-order valence-electron chi connectivity index (χ1n) is 22.0. The monoisotopic (exact) mass is 852 g/mol. The average molecular weight is 853 g/mol. The van der Waals surface area contributed by atoms with Crippen LogP contribution in [0.5, 0.6) is 11.8 Å². The molecule has 61 heavy (non-hydrogen) atoms. The zero-order valence-electron chi connectivity index (χ0n) is 35.1. The third kappa shape index (κ3) is 7.48. The number of rotatable bonds is 10. The first kappa shape index (κ1) is 40.2. The van der Waals surface area contributed by atoms with Gasteiger partial charge in [-0.3, -0.25) is 4.90 Å². The standard InChI is InChI=1S/C46H54ClFN8O5/c1-27(2)28(3)38-22-39(52-61-38)53-15-17-54(18-16-53)45(58)59-25-32-11-13-46(12-6-14-56(32)46)26-60-44-50-42-36(43(51-44)55-23-30-9-10-31(24-55)49-30)21-37(47)40(41(42)48)35-20-33(57)19-29-7-4-5-8-34(29)35/h4-5,7-8,19-22,27-28,30-32,49,57H,6,9-18,23-26H2,1-3H3. The molecular formula is C46H54ClFN8O5. The first-order valence-corrected chi connectivity index (χ1v) is 22.4. The van der Waals surface area contributed by atoms with Crippen molar-refractivity contribution in [3.05, 3.63) is 65.1 Å². The molecule has 0 radical (unpaired) electrons. The molecule has 0 saturated carbocycles. The molecule has 10 rings (SSSR count). The maximum Gasteiger partial charge on any atom is 0.409 e. The number of halogens is 2. The van der Waals surface area contributed by atoms with Crippen molar-refractivity contribution in [2.75, 3.05) is 68.8 Å². The number of amides is 1. The van der Waals surface area contributed by atoms with Gasteiger partial charge in [-0.25, -0.2) is 9.18 Å². The van der Waals surface area contributed by atoms with Crippen LogP contribution in [-0.2, 0) is 4.74 Å². The van der Waals surface area contributed by atoms with Crippen LogP contribution in [0.1, 0.15) is 71.0 Å². The number of carbonyl (C=O) groups is 1. The molecule has 1 amide bonds. The lowest BCUT2D eigenvalue weighted by atomic mass is 9.95. The largest absolute Gasteiger partial charge is 0.508 e. The molecule has 5 saturated heterocycles. The fourth-order valence-electron chi connectivity index (χ4n) is 10.5. The van der Waals surface area contributed by atoms with Crippen LogP contribution in [0.2, 0.25) is 5.02 Å².